The molecule has 0 aromatic carbocycles. The molecule has 0 radical (unpaired) electrons. The largest absolute Gasteiger partial charge is 0.381 e. The predicted molar refractivity (Wildman–Crippen MR) is 46.5 cm³/mol. The Morgan fingerprint density at radius 3 is 2.50 bits per heavy atom. The van der Waals surface area contributed by atoms with Crippen LogP contribution in [0.5, 0.6) is 0 Å². The summed E-state index contributed by atoms with van der Waals surface area (Å²) in [5.41, 5.74) is 0. The van der Waals surface area contributed by atoms with Crippen molar-refractivity contribution >= 4 is 15.9 Å². The third-order valence-corrected chi connectivity index (χ3v) is 2.78. The van der Waals surface area contributed by atoms with Crippen molar-refractivity contribution in [2.24, 2.45) is 5.92 Å². The highest BCUT2D eigenvalue weighted by Gasteiger charge is 2.28. The Bertz CT molecular complexity index is 100. The Kier molecular flexibility index (Phi) is 2.75. The zero-order chi connectivity index (χ0) is 7.61. The Morgan fingerprint density at radius 2 is 2.20 bits per heavy atom. The van der Waals surface area contributed by atoms with E-state index in [0.29, 0.717) is 5.92 Å². The number of halogens is 1. The van der Waals surface area contributed by atoms with E-state index in [0.717, 1.165) is 13.2 Å². The van der Waals surface area contributed by atoms with Crippen LogP contribution in [0.3, 0.4) is 0 Å². The standard InChI is InChI=1S/C8H15BrO/c1-8(2,9)7-4-3-5-10-6-7/h7H,3-6H2,1-2H3. The maximum atomic E-state index is 5.38. The average Bonchev–Trinajstić information content (AvgIpc) is 1.88. The quantitative estimate of drug-likeness (QED) is 0.600. The van der Waals surface area contributed by atoms with Gasteiger partial charge in [0.2, 0.25) is 0 Å². The lowest BCUT2D eigenvalue weighted by Crippen LogP contribution is -2.31. The monoisotopic (exact) mass is 206 g/mol. The van der Waals surface area contributed by atoms with Crippen molar-refractivity contribution < 1.29 is 4.74 Å². The first-order valence-corrected chi connectivity index (χ1v) is 4.66. The summed E-state index contributed by atoms with van der Waals surface area (Å²) in [7, 11) is 0. The maximum Gasteiger partial charge on any atom is 0.0507 e. The van der Waals surface area contributed by atoms with E-state index in [9.17, 15) is 0 Å². The molecule has 0 amide bonds. The van der Waals surface area contributed by atoms with Crippen LogP contribution in [-0.4, -0.2) is 17.5 Å². The van der Waals surface area contributed by atoms with Crippen LogP contribution in [0, 0.1) is 5.92 Å². The molecule has 0 aliphatic carbocycles. The fraction of sp³-hybridized carbons (Fsp3) is 1.00. The van der Waals surface area contributed by atoms with E-state index in [1.807, 2.05) is 0 Å². The Labute approximate surface area is 71.3 Å². The molecule has 1 saturated heterocycles. The summed E-state index contributed by atoms with van der Waals surface area (Å²) < 4.78 is 5.64. The van der Waals surface area contributed by atoms with Gasteiger partial charge in [-0.1, -0.05) is 15.9 Å². The van der Waals surface area contributed by atoms with E-state index in [1.165, 1.54) is 12.8 Å². The van der Waals surface area contributed by atoms with Gasteiger partial charge in [0.15, 0.2) is 0 Å². The zero-order valence-corrected chi connectivity index (χ0v) is 8.28. The SMILES string of the molecule is CC(C)(Br)C1CCCOC1. The molecule has 1 rings (SSSR count). The van der Waals surface area contributed by atoms with Gasteiger partial charge in [0.1, 0.15) is 0 Å². The van der Waals surface area contributed by atoms with Crippen LogP contribution in [-0.2, 0) is 4.74 Å². The lowest BCUT2D eigenvalue weighted by molar-refractivity contribution is 0.0449. The van der Waals surface area contributed by atoms with Crippen molar-refractivity contribution in [2.75, 3.05) is 13.2 Å². The minimum Gasteiger partial charge on any atom is -0.381 e. The topological polar surface area (TPSA) is 9.23 Å². The van der Waals surface area contributed by atoms with Gasteiger partial charge >= 0.3 is 0 Å². The average molecular weight is 207 g/mol. The highest BCUT2D eigenvalue weighted by atomic mass is 79.9. The van der Waals surface area contributed by atoms with Gasteiger partial charge in [-0.15, -0.1) is 0 Å². The molecule has 0 saturated carbocycles. The molecular weight excluding hydrogens is 192 g/mol. The second kappa shape index (κ2) is 3.22. The highest BCUT2D eigenvalue weighted by Crippen LogP contribution is 2.32. The van der Waals surface area contributed by atoms with E-state index >= 15 is 0 Å². The van der Waals surface area contributed by atoms with E-state index in [1.54, 1.807) is 0 Å². The van der Waals surface area contributed by atoms with Crippen LogP contribution < -0.4 is 0 Å². The highest BCUT2D eigenvalue weighted by molar-refractivity contribution is 9.10. The van der Waals surface area contributed by atoms with Crippen molar-refractivity contribution in [3.63, 3.8) is 0 Å². The van der Waals surface area contributed by atoms with Gasteiger partial charge in [-0.2, -0.15) is 0 Å². The maximum absolute atomic E-state index is 5.38. The molecule has 1 aliphatic heterocycles. The Hall–Kier alpha value is 0.440. The van der Waals surface area contributed by atoms with E-state index < -0.39 is 0 Å². The van der Waals surface area contributed by atoms with Gasteiger partial charge in [-0.3, -0.25) is 0 Å². The molecule has 1 heterocycles. The predicted octanol–water partition coefficient (Wildman–Crippen LogP) is 2.59. The fourth-order valence-corrected chi connectivity index (χ4v) is 1.64. The Balaban J connectivity index is 2.39. The molecule has 0 aromatic rings. The summed E-state index contributed by atoms with van der Waals surface area (Å²) in [6.07, 6.45) is 2.53. The number of hydrogen-bond donors (Lipinski definition) is 0. The van der Waals surface area contributed by atoms with Crippen molar-refractivity contribution in [1.82, 2.24) is 0 Å². The first-order chi connectivity index (χ1) is 4.61. The summed E-state index contributed by atoms with van der Waals surface area (Å²) in [5, 5.41) is 0. The van der Waals surface area contributed by atoms with Crippen molar-refractivity contribution in [3.8, 4) is 0 Å². The number of hydrogen-bond acceptors (Lipinski definition) is 1. The van der Waals surface area contributed by atoms with Gasteiger partial charge < -0.3 is 4.74 Å². The normalized spacial score (nSPS) is 28.5. The van der Waals surface area contributed by atoms with E-state index in [4.69, 9.17) is 4.74 Å². The molecule has 10 heavy (non-hydrogen) atoms. The lowest BCUT2D eigenvalue weighted by Gasteiger charge is -2.31. The molecule has 1 atom stereocenters. The molecule has 0 bridgehead atoms. The first-order valence-electron chi connectivity index (χ1n) is 3.87. The molecule has 0 spiro atoms. The van der Waals surface area contributed by atoms with Crippen LogP contribution in [0.4, 0.5) is 0 Å². The van der Waals surface area contributed by atoms with Crippen molar-refractivity contribution in [3.05, 3.63) is 0 Å². The molecule has 1 aliphatic rings. The third-order valence-electron chi connectivity index (χ3n) is 2.13. The number of ether oxygens (including phenoxy) is 1. The fourth-order valence-electron chi connectivity index (χ4n) is 1.28. The minimum absolute atomic E-state index is 0.257. The molecule has 60 valence electrons. The summed E-state index contributed by atoms with van der Waals surface area (Å²) in [5.74, 6) is 0.696. The van der Waals surface area contributed by atoms with Crippen LogP contribution in [0.1, 0.15) is 26.7 Å². The van der Waals surface area contributed by atoms with Gasteiger partial charge in [0, 0.05) is 10.9 Å². The Morgan fingerprint density at radius 1 is 1.50 bits per heavy atom. The summed E-state index contributed by atoms with van der Waals surface area (Å²) in [6, 6.07) is 0. The molecule has 0 N–H and O–H groups in total. The molecule has 0 aromatic heterocycles. The van der Waals surface area contributed by atoms with E-state index in [2.05, 4.69) is 29.8 Å². The lowest BCUT2D eigenvalue weighted by atomic mass is 9.90. The second-order valence-electron chi connectivity index (χ2n) is 3.48. The van der Waals surface area contributed by atoms with Crippen LogP contribution in [0.25, 0.3) is 0 Å². The number of alkyl halides is 1. The van der Waals surface area contributed by atoms with E-state index in [-0.39, 0.29) is 4.32 Å². The van der Waals surface area contributed by atoms with Gasteiger partial charge in [-0.25, -0.2) is 0 Å². The molecule has 1 nitrogen and oxygen atoms in total. The smallest absolute Gasteiger partial charge is 0.0507 e. The second-order valence-corrected chi connectivity index (χ2v) is 5.52. The molecule has 2 heteroatoms. The summed E-state index contributed by atoms with van der Waals surface area (Å²) in [4.78, 5) is 0. The minimum atomic E-state index is 0.257. The molecular formula is C8H15BrO. The first kappa shape index (κ1) is 8.54. The summed E-state index contributed by atoms with van der Waals surface area (Å²) in [6.45, 7) is 6.32. The zero-order valence-electron chi connectivity index (χ0n) is 6.69. The van der Waals surface area contributed by atoms with Crippen molar-refractivity contribution in [1.29, 1.82) is 0 Å². The number of rotatable bonds is 1. The van der Waals surface area contributed by atoms with Gasteiger partial charge in [0.25, 0.3) is 0 Å². The van der Waals surface area contributed by atoms with Crippen LogP contribution >= 0.6 is 15.9 Å². The van der Waals surface area contributed by atoms with Crippen LogP contribution in [0.2, 0.25) is 0 Å². The summed E-state index contributed by atoms with van der Waals surface area (Å²) >= 11 is 3.66. The third kappa shape index (κ3) is 2.24. The molecule has 1 fully saturated rings. The van der Waals surface area contributed by atoms with Crippen molar-refractivity contribution in [2.45, 2.75) is 31.0 Å². The van der Waals surface area contributed by atoms with Gasteiger partial charge in [0.05, 0.1) is 6.61 Å². The molecule has 1 unspecified atom stereocenters. The van der Waals surface area contributed by atoms with Gasteiger partial charge in [-0.05, 0) is 32.6 Å². The van der Waals surface area contributed by atoms with Crippen LogP contribution in [0.15, 0.2) is 0 Å².